The second-order valence-corrected chi connectivity index (χ2v) is 4.13. The molecule has 2 nitrogen and oxygen atoms in total. The molecule has 0 aliphatic heterocycles. The van der Waals surface area contributed by atoms with Crippen LogP contribution >= 0.6 is 11.3 Å². The molecule has 12 heavy (non-hydrogen) atoms. The van der Waals surface area contributed by atoms with Gasteiger partial charge in [-0.05, 0) is 35.8 Å². The van der Waals surface area contributed by atoms with Crippen molar-refractivity contribution >= 4 is 11.3 Å². The smallest absolute Gasteiger partial charge is 0.110 e. The van der Waals surface area contributed by atoms with E-state index in [0.29, 0.717) is 5.92 Å². The molecule has 2 N–H and O–H groups in total. The van der Waals surface area contributed by atoms with Crippen LogP contribution in [0.1, 0.15) is 29.3 Å². The van der Waals surface area contributed by atoms with E-state index in [1.807, 2.05) is 11.4 Å². The molecule has 0 bridgehead atoms. The standard InChI is InChI=1S/C9H10N2S/c10-4-8-3-7(5-12-8)9(11)6-1-2-6/h3,5-6,9H,1-2,11H2/t9-/m0/s1. The van der Waals surface area contributed by atoms with E-state index in [1.54, 1.807) is 0 Å². The predicted octanol–water partition coefficient (Wildman–Crippen LogP) is 2.03. The number of nitriles is 1. The molecule has 2 rings (SSSR count). The number of hydrogen-bond acceptors (Lipinski definition) is 3. The van der Waals surface area contributed by atoms with Crippen LogP contribution in [0.5, 0.6) is 0 Å². The Morgan fingerprint density at radius 2 is 2.42 bits per heavy atom. The zero-order valence-corrected chi connectivity index (χ0v) is 7.47. The van der Waals surface area contributed by atoms with Gasteiger partial charge in [0.25, 0.3) is 0 Å². The third-order valence-corrected chi connectivity index (χ3v) is 3.10. The maximum Gasteiger partial charge on any atom is 0.110 e. The van der Waals surface area contributed by atoms with E-state index < -0.39 is 0 Å². The molecule has 1 aromatic rings. The minimum Gasteiger partial charge on any atom is -0.324 e. The average molecular weight is 178 g/mol. The van der Waals surface area contributed by atoms with E-state index in [2.05, 4.69) is 6.07 Å². The largest absolute Gasteiger partial charge is 0.324 e. The van der Waals surface area contributed by atoms with Crippen LogP contribution in [-0.4, -0.2) is 0 Å². The normalized spacial score (nSPS) is 18.7. The highest BCUT2D eigenvalue weighted by Gasteiger charge is 2.29. The van der Waals surface area contributed by atoms with Gasteiger partial charge in [-0.25, -0.2) is 0 Å². The van der Waals surface area contributed by atoms with Crippen LogP contribution in [0, 0.1) is 17.2 Å². The van der Waals surface area contributed by atoms with Gasteiger partial charge in [0.2, 0.25) is 0 Å². The molecule has 0 spiro atoms. The molecular weight excluding hydrogens is 168 g/mol. The fourth-order valence-electron chi connectivity index (χ4n) is 1.31. The third-order valence-electron chi connectivity index (χ3n) is 2.24. The number of nitrogens with two attached hydrogens (primary N) is 1. The van der Waals surface area contributed by atoms with Crippen molar-refractivity contribution in [1.29, 1.82) is 5.26 Å². The molecule has 1 fully saturated rings. The summed E-state index contributed by atoms with van der Waals surface area (Å²) in [6.45, 7) is 0. The molecule has 3 heteroatoms. The summed E-state index contributed by atoms with van der Waals surface area (Å²) in [5, 5.41) is 10.6. The molecule has 1 aliphatic carbocycles. The van der Waals surface area contributed by atoms with Crippen LogP contribution in [0.4, 0.5) is 0 Å². The van der Waals surface area contributed by atoms with E-state index in [4.69, 9.17) is 11.0 Å². The van der Waals surface area contributed by atoms with E-state index >= 15 is 0 Å². The SMILES string of the molecule is N#Cc1cc([C@@H](N)C2CC2)cs1. The predicted molar refractivity (Wildman–Crippen MR) is 48.7 cm³/mol. The van der Waals surface area contributed by atoms with E-state index in [1.165, 1.54) is 24.2 Å². The molecule has 1 saturated carbocycles. The second-order valence-electron chi connectivity index (χ2n) is 3.22. The topological polar surface area (TPSA) is 49.8 Å². The van der Waals surface area contributed by atoms with Crippen molar-refractivity contribution in [3.8, 4) is 6.07 Å². The zero-order chi connectivity index (χ0) is 8.55. The van der Waals surface area contributed by atoms with Crippen LogP contribution in [0.15, 0.2) is 11.4 Å². The summed E-state index contributed by atoms with van der Waals surface area (Å²) >= 11 is 1.48. The first kappa shape index (κ1) is 7.78. The maximum absolute atomic E-state index is 8.61. The Bertz CT molecular complexity index is 320. The lowest BCUT2D eigenvalue weighted by atomic mass is 10.1. The minimum absolute atomic E-state index is 0.170. The van der Waals surface area contributed by atoms with Gasteiger partial charge in [-0.1, -0.05) is 0 Å². The van der Waals surface area contributed by atoms with Gasteiger partial charge in [-0.15, -0.1) is 11.3 Å². The van der Waals surface area contributed by atoms with Gasteiger partial charge in [0.15, 0.2) is 0 Å². The molecule has 1 aromatic heterocycles. The van der Waals surface area contributed by atoms with Crippen molar-refractivity contribution < 1.29 is 0 Å². The van der Waals surface area contributed by atoms with Crippen LogP contribution < -0.4 is 5.73 Å². The number of rotatable bonds is 2. The summed E-state index contributed by atoms with van der Waals surface area (Å²) in [5.74, 6) is 0.672. The van der Waals surface area contributed by atoms with Gasteiger partial charge in [0, 0.05) is 6.04 Å². The summed E-state index contributed by atoms with van der Waals surface area (Å²) < 4.78 is 0. The molecule has 0 amide bonds. The second kappa shape index (κ2) is 2.89. The van der Waals surface area contributed by atoms with E-state index in [9.17, 15) is 0 Å². The van der Waals surface area contributed by atoms with Crippen molar-refractivity contribution in [3.63, 3.8) is 0 Å². The lowest BCUT2D eigenvalue weighted by Crippen LogP contribution is -2.10. The van der Waals surface area contributed by atoms with E-state index in [0.717, 1.165) is 10.4 Å². The highest BCUT2D eigenvalue weighted by Crippen LogP contribution is 2.40. The first-order valence-corrected chi connectivity index (χ1v) is 4.93. The van der Waals surface area contributed by atoms with Crippen LogP contribution in [-0.2, 0) is 0 Å². The quantitative estimate of drug-likeness (QED) is 0.753. The van der Waals surface area contributed by atoms with Crippen molar-refractivity contribution in [1.82, 2.24) is 0 Å². The highest BCUT2D eigenvalue weighted by molar-refractivity contribution is 7.10. The van der Waals surface area contributed by atoms with Gasteiger partial charge < -0.3 is 5.73 Å². The van der Waals surface area contributed by atoms with Gasteiger partial charge in [-0.2, -0.15) is 5.26 Å². The van der Waals surface area contributed by atoms with Crippen LogP contribution in [0.3, 0.4) is 0 Å². The Balaban J connectivity index is 2.17. The summed E-state index contributed by atoms with van der Waals surface area (Å²) in [5.41, 5.74) is 7.10. The summed E-state index contributed by atoms with van der Waals surface area (Å²) in [4.78, 5) is 0.765. The summed E-state index contributed by atoms with van der Waals surface area (Å²) in [6, 6.07) is 4.20. The van der Waals surface area contributed by atoms with E-state index in [-0.39, 0.29) is 6.04 Å². The minimum atomic E-state index is 0.170. The molecule has 62 valence electrons. The first-order chi connectivity index (χ1) is 5.81. The highest BCUT2D eigenvalue weighted by atomic mass is 32.1. The third kappa shape index (κ3) is 1.36. The monoisotopic (exact) mass is 178 g/mol. The van der Waals surface area contributed by atoms with Gasteiger partial charge >= 0.3 is 0 Å². The molecule has 0 unspecified atom stereocenters. The molecular formula is C9H10N2S. The lowest BCUT2D eigenvalue weighted by Gasteiger charge is -2.05. The fourth-order valence-corrected chi connectivity index (χ4v) is 2.06. The van der Waals surface area contributed by atoms with Gasteiger partial charge in [0.1, 0.15) is 10.9 Å². The average Bonchev–Trinajstić information content (AvgIpc) is 2.82. The summed E-state index contributed by atoms with van der Waals surface area (Å²) in [6.07, 6.45) is 2.50. The fraction of sp³-hybridized carbons (Fsp3) is 0.444. The van der Waals surface area contributed by atoms with Crippen molar-refractivity contribution in [3.05, 3.63) is 21.9 Å². The Labute approximate surface area is 75.6 Å². The Hall–Kier alpha value is -0.850. The summed E-state index contributed by atoms with van der Waals surface area (Å²) in [7, 11) is 0. The van der Waals surface area contributed by atoms with Gasteiger partial charge in [0.05, 0.1) is 0 Å². The first-order valence-electron chi connectivity index (χ1n) is 4.05. The van der Waals surface area contributed by atoms with Crippen LogP contribution in [0.2, 0.25) is 0 Å². The molecule has 1 heterocycles. The number of hydrogen-bond donors (Lipinski definition) is 1. The molecule has 1 atom stereocenters. The Kier molecular flexibility index (Phi) is 1.87. The molecule has 1 aliphatic rings. The molecule has 0 radical (unpaired) electrons. The molecule has 0 aromatic carbocycles. The van der Waals surface area contributed by atoms with Crippen molar-refractivity contribution in [2.75, 3.05) is 0 Å². The maximum atomic E-state index is 8.61. The van der Waals surface area contributed by atoms with Gasteiger partial charge in [-0.3, -0.25) is 0 Å². The Morgan fingerprint density at radius 3 is 2.92 bits per heavy atom. The van der Waals surface area contributed by atoms with Crippen LogP contribution in [0.25, 0.3) is 0 Å². The molecule has 0 saturated heterocycles. The zero-order valence-electron chi connectivity index (χ0n) is 6.66. The Morgan fingerprint density at radius 1 is 1.67 bits per heavy atom. The number of nitrogens with zero attached hydrogens (tertiary/aromatic N) is 1. The number of thiophene rings is 1. The van der Waals surface area contributed by atoms with Crippen molar-refractivity contribution in [2.45, 2.75) is 18.9 Å². The lowest BCUT2D eigenvalue weighted by molar-refractivity contribution is 0.635. The van der Waals surface area contributed by atoms with Crippen molar-refractivity contribution in [2.24, 2.45) is 11.7 Å².